The van der Waals surface area contributed by atoms with Crippen molar-refractivity contribution < 1.29 is 9.59 Å². The second-order valence-electron chi connectivity index (χ2n) is 9.58. The molecule has 0 unspecified atom stereocenters. The Kier molecular flexibility index (Phi) is 5.43. The van der Waals surface area contributed by atoms with Crippen LogP contribution in [-0.4, -0.2) is 33.3 Å². The van der Waals surface area contributed by atoms with Crippen molar-refractivity contribution in [3.8, 4) is 0 Å². The SMILES string of the molecule is C=CC=C1C(=C(\C)C=C)/C(=C\C)N=C2c3cc4c(cc3C(=O)N12)C1=Nc2cccc(C)c2/C(=C\C=C)N1C4=O. The molecule has 0 saturated heterocycles. The van der Waals surface area contributed by atoms with Gasteiger partial charge in [-0.05, 0) is 62.3 Å². The van der Waals surface area contributed by atoms with Crippen molar-refractivity contribution in [2.75, 3.05) is 0 Å². The van der Waals surface area contributed by atoms with Crippen molar-refractivity contribution in [1.82, 2.24) is 9.80 Å². The highest BCUT2D eigenvalue weighted by molar-refractivity contribution is 6.33. The molecule has 0 atom stereocenters. The van der Waals surface area contributed by atoms with Crippen LogP contribution >= 0.6 is 0 Å². The molecule has 0 spiro atoms. The van der Waals surface area contributed by atoms with Crippen LogP contribution in [0.1, 0.15) is 56.8 Å². The van der Waals surface area contributed by atoms with Gasteiger partial charge in [0, 0.05) is 22.3 Å². The Morgan fingerprint density at radius 2 is 1.44 bits per heavy atom. The van der Waals surface area contributed by atoms with Gasteiger partial charge in [0.05, 0.1) is 33.9 Å². The quantitative estimate of drug-likeness (QED) is 0.458. The molecule has 2 amide bonds. The minimum atomic E-state index is -0.218. The number of carbonyl (C=O) groups excluding carboxylic acids is 2. The smallest absolute Gasteiger partial charge is 0.264 e. The summed E-state index contributed by atoms with van der Waals surface area (Å²) < 4.78 is 0. The molecule has 0 radical (unpaired) electrons. The molecule has 4 heterocycles. The molecule has 0 aliphatic carbocycles. The van der Waals surface area contributed by atoms with Gasteiger partial charge in [-0.1, -0.05) is 56.2 Å². The number of amides is 2. The molecule has 0 N–H and O–H groups in total. The molecule has 6 nitrogen and oxygen atoms in total. The first-order chi connectivity index (χ1) is 18.9. The van der Waals surface area contributed by atoms with E-state index < -0.39 is 0 Å². The third-order valence-corrected chi connectivity index (χ3v) is 7.41. The number of aryl methyl sites for hydroxylation is 1. The minimum Gasteiger partial charge on any atom is -0.268 e. The number of hydrogen-bond acceptors (Lipinski definition) is 4. The van der Waals surface area contributed by atoms with Gasteiger partial charge in [0.2, 0.25) is 0 Å². The van der Waals surface area contributed by atoms with E-state index in [9.17, 15) is 9.59 Å². The fraction of sp³-hybridized carbons (Fsp3) is 0.0909. The number of aliphatic imine (C=N–C) groups is 2. The lowest BCUT2D eigenvalue weighted by atomic mass is 9.98. The minimum absolute atomic E-state index is 0.202. The van der Waals surface area contributed by atoms with Gasteiger partial charge in [-0.25, -0.2) is 9.98 Å². The number of benzene rings is 2. The number of carbonyl (C=O) groups is 2. The average Bonchev–Trinajstić information content (AvgIpc) is 3.37. The molecule has 0 aromatic heterocycles. The van der Waals surface area contributed by atoms with Crippen LogP contribution in [0.4, 0.5) is 5.69 Å². The van der Waals surface area contributed by atoms with E-state index in [-0.39, 0.29) is 11.8 Å². The van der Waals surface area contributed by atoms with E-state index in [1.165, 1.54) is 0 Å². The second-order valence-corrected chi connectivity index (χ2v) is 9.58. The largest absolute Gasteiger partial charge is 0.268 e. The second kappa shape index (κ2) is 8.74. The Labute approximate surface area is 227 Å². The fourth-order valence-electron chi connectivity index (χ4n) is 5.64. The lowest BCUT2D eigenvalue weighted by Crippen LogP contribution is -2.34. The molecule has 6 rings (SSSR count). The lowest BCUT2D eigenvalue weighted by molar-refractivity contribution is 0.0885. The van der Waals surface area contributed by atoms with Crippen LogP contribution in [0.25, 0.3) is 5.70 Å². The monoisotopic (exact) mass is 510 g/mol. The summed E-state index contributed by atoms with van der Waals surface area (Å²) in [6.07, 6.45) is 10.6. The molecule has 39 heavy (non-hydrogen) atoms. The number of nitrogens with zero attached hydrogens (tertiary/aromatic N) is 4. The Morgan fingerprint density at radius 1 is 0.846 bits per heavy atom. The van der Waals surface area contributed by atoms with Crippen molar-refractivity contribution in [3.05, 3.63) is 142 Å². The van der Waals surface area contributed by atoms with Gasteiger partial charge in [-0.15, -0.1) is 0 Å². The van der Waals surface area contributed by atoms with Crippen molar-refractivity contribution in [2.45, 2.75) is 20.8 Å². The summed E-state index contributed by atoms with van der Waals surface area (Å²) in [6, 6.07) is 9.43. The summed E-state index contributed by atoms with van der Waals surface area (Å²) in [7, 11) is 0. The molecule has 190 valence electrons. The molecular weight excluding hydrogens is 484 g/mol. The summed E-state index contributed by atoms with van der Waals surface area (Å²) in [5.41, 5.74) is 8.67. The van der Waals surface area contributed by atoms with E-state index in [1.54, 1.807) is 40.2 Å². The van der Waals surface area contributed by atoms with Crippen molar-refractivity contribution in [2.24, 2.45) is 9.98 Å². The predicted octanol–water partition coefficient (Wildman–Crippen LogP) is 6.76. The normalized spacial score (nSPS) is 21.3. The highest BCUT2D eigenvalue weighted by atomic mass is 16.2. The van der Waals surface area contributed by atoms with Gasteiger partial charge in [-0.2, -0.15) is 0 Å². The zero-order valence-electron chi connectivity index (χ0n) is 22.1. The lowest BCUT2D eigenvalue weighted by Gasteiger charge is -2.29. The first-order valence-electron chi connectivity index (χ1n) is 12.7. The van der Waals surface area contributed by atoms with Crippen LogP contribution < -0.4 is 0 Å². The van der Waals surface area contributed by atoms with Gasteiger partial charge >= 0.3 is 0 Å². The Morgan fingerprint density at radius 3 is 2.03 bits per heavy atom. The maximum atomic E-state index is 14.0. The van der Waals surface area contributed by atoms with E-state index in [4.69, 9.17) is 9.98 Å². The predicted molar refractivity (Wildman–Crippen MR) is 156 cm³/mol. The number of allylic oxidation sites excluding steroid dienone is 7. The highest BCUT2D eigenvalue weighted by Crippen LogP contribution is 2.45. The van der Waals surface area contributed by atoms with Crippen molar-refractivity contribution in [3.63, 3.8) is 0 Å². The van der Waals surface area contributed by atoms with E-state index in [1.807, 2.05) is 57.2 Å². The molecule has 0 bridgehead atoms. The summed E-state index contributed by atoms with van der Waals surface area (Å²) in [5, 5.41) is 0. The van der Waals surface area contributed by atoms with Crippen molar-refractivity contribution >= 4 is 34.9 Å². The highest BCUT2D eigenvalue weighted by Gasteiger charge is 2.46. The molecule has 4 aliphatic rings. The van der Waals surface area contributed by atoms with Gasteiger partial charge in [0.1, 0.15) is 11.7 Å². The molecule has 0 fully saturated rings. The number of rotatable bonds is 3. The van der Waals surface area contributed by atoms with Crippen LogP contribution in [0.5, 0.6) is 0 Å². The van der Waals surface area contributed by atoms with Gasteiger partial charge in [0.25, 0.3) is 11.8 Å². The van der Waals surface area contributed by atoms with Gasteiger partial charge < -0.3 is 0 Å². The number of amidine groups is 2. The zero-order valence-corrected chi connectivity index (χ0v) is 22.1. The van der Waals surface area contributed by atoms with Crippen LogP contribution in [0, 0.1) is 6.92 Å². The third-order valence-electron chi connectivity index (χ3n) is 7.41. The van der Waals surface area contributed by atoms with Crippen LogP contribution in [0.2, 0.25) is 0 Å². The standard InChI is InChI=1S/C33H26N4O2/c1-7-12-26-28(18(5)9-3)24(10-4)34-30-20-16-23-21(17-22(20)32(38)36(26)30)31-35-25-15-11-14-19(6)29(25)27(13-8-2)37(31)33(23)39/h7-17H,1-3H2,4-6H3/b24-10+,26-12?,27-13+,28-18+. The summed E-state index contributed by atoms with van der Waals surface area (Å²) in [5.74, 6) is 0.569. The first-order valence-corrected chi connectivity index (χ1v) is 12.7. The molecule has 2 aromatic rings. The fourth-order valence-corrected chi connectivity index (χ4v) is 5.64. The third kappa shape index (κ3) is 3.21. The maximum Gasteiger partial charge on any atom is 0.264 e. The summed E-state index contributed by atoms with van der Waals surface area (Å²) >= 11 is 0. The average molecular weight is 511 g/mol. The molecular formula is C33H26N4O2. The Balaban J connectivity index is 1.59. The zero-order chi connectivity index (χ0) is 27.6. The molecule has 4 aliphatic heterocycles. The van der Waals surface area contributed by atoms with Crippen LogP contribution in [-0.2, 0) is 0 Å². The topological polar surface area (TPSA) is 65.3 Å². The van der Waals surface area contributed by atoms with E-state index >= 15 is 0 Å². The molecule has 0 saturated carbocycles. The summed E-state index contributed by atoms with van der Waals surface area (Å²) in [6.45, 7) is 17.5. The van der Waals surface area contributed by atoms with E-state index in [0.29, 0.717) is 39.6 Å². The van der Waals surface area contributed by atoms with Gasteiger partial charge in [-0.3, -0.25) is 19.4 Å². The van der Waals surface area contributed by atoms with Crippen LogP contribution in [0.3, 0.4) is 0 Å². The van der Waals surface area contributed by atoms with E-state index in [0.717, 1.165) is 39.4 Å². The Bertz CT molecular complexity index is 1770. The molecule has 6 heteroatoms. The Hall–Kier alpha value is -5.10. The van der Waals surface area contributed by atoms with E-state index in [2.05, 4.69) is 19.7 Å². The first kappa shape index (κ1) is 24.2. The molecule has 2 aromatic carbocycles. The summed E-state index contributed by atoms with van der Waals surface area (Å²) in [4.78, 5) is 40.9. The number of fused-ring (bicyclic) bond motifs is 7. The number of hydrogen-bond donors (Lipinski definition) is 0. The maximum absolute atomic E-state index is 14.0. The van der Waals surface area contributed by atoms with Crippen LogP contribution in [0.15, 0.2) is 119 Å². The van der Waals surface area contributed by atoms with Crippen molar-refractivity contribution in [1.29, 1.82) is 0 Å². The van der Waals surface area contributed by atoms with Gasteiger partial charge in [0.15, 0.2) is 0 Å².